The second-order valence-electron chi connectivity index (χ2n) is 8.13. The van der Waals surface area contributed by atoms with Gasteiger partial charge in [0.25, 0.3) is 5.91 Å². The Kier molecular flexibility index (Phi) is 5.67. The normalized spacial score (nSPS) is 14.7. The average molecular weight is 457 g/mol. The van der Waals surface area contributed by atoms with Crippen LogP contribution in [0.3, 0.4) is 0 Å². The van der Waals surface area contributed by atoms with E-state index in [1.165, 1.54) is 0 Å². The van der Waals surface area contributed by atoms with Crippen LogP contribution in [0, 0.1) is 6.92 Å². The standard InChI is InChI=1S/C27H23NO6/c1-17-22(14-26(29)30)21-6-2-3-7-23(21)28(17)27(31)18-10-12-19(13-11-18)32-15-20-16-33-24-8-4-5-9-25(24)34-20/h2-13,20H,14-16H2,1H3,(H,29,30)/t20-/m1/s1. The summed E-state index contributed by atoms with van der Waals surface area (Å²) in [5.74, 6) is 0.869. The molecule has 0 aliphatic carbocycles. The molecule has 1 atom stereocenters. The van der Waals surface area contributed by atoms with E-state index in [9.17, 15) is 14.7 Å². The molecule has 1 N–H and O–H groups in total. The Morgan fingerprint density at radius 3 is 2.47 bits per heavy atom. The van der Waals surface area contributed by atoms with E-state index in [-0.39, 0.29) is 18.4 Å². The molecule has 7 heteroatoms. The molecule has 1 aliphatic heterocycles. The van der Waals surface area contributed by atoms with E-state index < -0.39 is 5.97 Å². The summed E-state index contributed by atoms with van der Waals surface area (Å²) in [4.78, 5) is 24.7. The Hall–Kier alpha value is -4.26. The largest absolute Gasteiger partial charge is 0.490 e. The first-order valence-corrected chi connectivity index (χ1v) is 11.0. The monoisotopic (exact) mass is 457 g/mol. The third-order valence-corrected chi connectivity index (χ3v) is 5.88. The molecule has 4 aromatic rings. The second kappa shape index (κ2) is 8.94. The highest BCUT2D eigenvalue weighted by atomic mass is 16.6. The van der Waals surface area contributed by atoms with Crippen molar-refractivity contribution >= 4 is 22.8 Å². The van der Waals surface area contributed by atoms with E-state index in [4.69, 9.17) is 14.2 Å². The quantitative estimate of drug-likeness (QED) is 0.459. The Balaban J connectivity index is 1.31. The molecule has 2 heterocycles. The van der Waals surface area contributed by atoms with Crippen LogP contribution in [0.25, 0.3) is 10.9 Å². The Labute approximate surface area is 196 Å². The van der Waals surface area contributed by atoms with Crippen molar-refractivity contribution in [1.29, 1.82) is 0 Å². The molecule has 1 aromatic heterocycles. The van der Waals surface area contributed by atoms with Crippen LogP contribution in [-0.4, -0.2) is 40.9 Å². The van der Waals surface area contributed by atoms with Gasteiger partial charge in [0.05, 0.1) is 11.9 Å². The maximum Gasteiger partial charge on any atom is 0.307 e. The van der Waals surface area contributed by atoms with Gasteiger partial charge in [-0.2, -0.15) is 0 Å². The molecule has 1 aliphatic rings. The number of hydrogen-bond donors (Lipinski definition) is 1. The molecule has 0 saturated heterocycles. The Bertz CT molecular complexity index is 1370. The minimum absolute atomic E-state index is 0.142. The van der Waals surface area contributed by atoms with Crippen molar-refractivity contribution in [3.63, 3.8) is 0 Å². The fraction of sp³-hybridized carbons (Fsp3) is 0.185. The lowest BCUT2D eigenvalue weighted by molar-refractivity contribution is -0.136. The van der Waals surface area contributed by atoms with Gasteiger partial charge in [-0.15, -0.1) is 0 Å². The number of carbonyl (C=O) groups excluding carboxylic acids is 1. The molecule has 0 amide bonds. The zero-order valence-electron chi connectivity index (χ0n) is 18.6. The summed E-state index contributed by atoms with van der Waals surface area (Å²) in [5, 5.41) is 10.1. The zero-order chi connectivity index (χ0) is 23.7. The van der Waals surface area contributed by atoms with Crippen LogP contribution in [0.2, 0.25) is 0 Å². The molecule has 3 aromatic carbocycles. The van der Waals surface area contributed by atoms with E-state index in [0.29, 0.717) is 47.1 Å². The summed E-state index contributed by atoms with van der Waals surface area (Å²) < 4.78 is 19.0. The number of fused-ring (bicyclic) bond motifs is 2. The number of carbonyl (C=O) groups is 2. The number of hydrogen-bond acceptors (Lipinski definition) is 5. The molecule has 0 bridgehead atoms. The number of rotatable bonds is 6. The van der Waals surface area contributed by atoms with E-state index in [1.54, 1.807) is 35.8 Å². The predicted octanol–water partition coefficient (Wildman–Crippen LogP) is 4.48. The highest BCUT2D eigenvalue weighted by Gasteiger charge is 2.22. The summed E-state index contributed by atoms with van der Waals surface area (Å²) in [6.45, 7) is 2.48. The van der Waals surface area contributed by atoms with Crippen LogP contribution in [0.5, 0.6) is 17.2 Å². The number of aromatic nitrogens is 1. The summed E-state index contributed by atoms with van der Waals surface area (Å²) >= 11 is 0. The lowest BCUT2D eigenvalue weighted by Crippen LogP contribution is -2.34. The van der Waals surface area contributed by atoms with E-state index >= 15 is 0 Å². The van der Waals surface area contributed by atoms with Crippen LogP contribution < -0.4 is 14.2 Å². The molecule has 0 saturated carbocycles. The summed E-state index contributed by atoms with van der Waals surface area (Å²) in [6, 6.07) is 21.7. The Morgan fingerprint density at radius 2 is 1.71 bits per heavy atom. The van der Waals surface area contributed by atoms with Crippen LogP contribution >= 0.6 is 0 Å². The van der Waals surface area contributed by atoms with Crippen LogP contribution in [0.15, 0.2) is 72.8 Å². The SMILES string of the molecule is Cc1c(CC(=O)O)c2ccccc2n1C(=O)c1ccc(OC[C@@H]2COc3ccccc3O2)cc1. The number of nitrogens with zero attached hydrogens (tertiary/aromatic N) is 1. The highest BCUT2D eigenvalue weighted by Crippen LogP contribution is 2.31. The van der Waals surface area contributed by atoms with Crippen molar-refractivity contribution in [2.75, 3.05) is 13.2 Å². The third-order valence-electron chi connectivity index (χ3n) is 5.88. The third kappa shape index (κ3) is 4.08. The van der Waals surface area contributed by atoms with E-state index in [2.05, 4.69) is 0 Å². The van der Waals surface area contributed by atoms with Gasteiger partial charge in [0.15, 0.2) is 17.6 Å². The first-order valence-electron chi connectivity index (χ1n) is 11.0. The minimum Gasteiger partial charge on any atom is -0.490 e. The van der Waals surface area contributed by atoms with Crippen molar-refractivity contribution < 1.29 is 28.9 Å². The van der Waals surface area contributed by atoms with Gasteiger partial charge in [-0.1, -0.05) is 30.3 Å². The molecule has 172 valence electrons. The van der Waals surface area contributed by atoms with Crippen LogP contribution in [0.1, 0.15) is 21.6 Å². The average Bonchev–Trinajstić information content (AvgIpc) is 3.13. The van der Waals surface area contributed by atoms with Crippen LogP contribution in [-0.2, 0) is 11.2 Å². The predicted molar refractivity (Wildman–Crippen MR) is 126 cm³/mol. The smallest absolute Gasteiger partial charge is 0.307 e. The fourth-order valence-corrected chi connectivity index (χ4v) is 4.23. The molecular weight excluding hydrogens is 434 g/mol. The van der Waals surface area contributed by atoms with Gasteiger partial charge >= 0.3 is 5.97 Å². The first-order chi connectivity index (χ1) is 16.5. The molecule has 5 rings (SSSR count). The van der Waals surface area contributed by atoms with Crippen molar-refractivity contribution in [2.24, 2.45) is 0 Å². The van der Waals surface area contributed by atoms with Gasteiger partial charge in [0.1, 0.15) is 19.0 Å². The van der Waals surface area contributed by atoms with Crippen molar-refractivity contribution in [2.45, 2.75) is 19.4 Å². The lowest BCUT2D eigenvalue weighted by atomic mass is 10.1. The topological polar surface area (TPSA) is 87.0 Å². The van der Waals surface area contributed by atoms with E-state index in [0.717, 1.165) is 11.1 Å². The molecular formula is C27H23NO6. The number of ether oxygens (including phenoxy) is 3. The maximum atomic E-state index is 13.4. The second-order valence-corrected chi connectivity index (χ2v) is 8.13. The number of benzene rings is 3. The lowest BCUT2D eigenvalue weighted by Gasteiger charge is -2.26. The zero-order valence-corrected chi connectivity index (χ0v) is 18.6. The van der Waals surface area contributed by atoms with Crippen LogP contribution in [0.4, 0.5) is 0 Å². The maximum absolute atomic E-state index is 13.4. The van der Waals surface area contributed by atoms with E-state index in [1.807, 2.05) is 48.5 Å². The number of carboxylic acids is 1. The summed E-state index contributed by atoms with van der Waals surface area (Å²) in [7, 11) is 0. The van der Waals surface area contributed by atoms with Gasteiger partial charge in [0, 0.05) is 16.6 Å². The van der Waals surface area contributed by atoms with Crippen molar-refractivity contribution in [3.8, 4) is 17.2 Å². The molecule has 34 heavy (non-hydrogen) atoms. The Morgan fingerprint density at radius 1 is 1.00 bits per heavy atom. The first kappa shape index (κ1) is 21.6. The minimum atomic E-state index is -0.934. The van der Waals surface area contributed by atoms with Gasteiger partial charge < -0.3 is 19.3 Å². The summed E-state index contributed by atoms with van der Waals surface area (Å²) in [5.41, 5.74) is 2.44. The molecule has 0 spiro atoms. The molecule has 0 radical (unpaired) electrons. The molecule has 7 nitrogen and oxygen atoms in total. The number of para-hydroxylation sites is 3. The van der Waals surface area contributed by atoms with Gasteiger partial charge in [-0.3, -0.25) is 14.2 Å². The van der Waals surface area contributed by atoms with Crippen molar-refractivity contribution in [1.82, 2.24) is 4.57 Å². The number of carboxylic acid groups (broad SMARTS) is 1. The fourth-order valence-electron chi connectivity index (χ4n) is 4.23. The van der Waals surface area contributed by atoms with Gasteiger partial charge in [-0.25, -0.2) is 0 Å². The molecule has 0 fully saturated rings. The summed E-state index contributed by atoms with van der Waals surface area (Å²) in [6.07, 6.45) is -0.380. The highest BCUT2D eigenvalue weighted by molar-refractivity contribution is 6.04. The molecule has 0 unspecified atom stereocenters. The van der Waals surface area contributed by atoms with Gasteiger partial charge in [-0.05, 0) is 55.0 Å². The van der Waals surface area contributed by atoms with Gasteiger partial charge in [0.2, 0.25) is 0 Å². The number of aliphatic carboxylic acids is 1. The van der Waals surface area contributed by atoms with Crippen molar-refractivity contribution in [3.05, 3.63) is 89.6 Å².